The monoisotopic (exact) mass is 408 g/mol. The van der Waals surface area contributed by atoms with Crippen LogP contribution in [-0.4, -0.2) is 40.3 Å². The van der Waals surface area contributed by atoms with Gasteiger partial charge in [0.25, 0.3) is 5.91 Å². The van der Waals surface area contributed by atoms with E-state index < -0.39 is 15.9 Å². The number of carbonyl (C=O) groups is 1. The van der Waals surface area contributed by atoms with Crippen LogP contribution in [0.3, 0.4) is 0 Å². The molecule has 0 radical (unpaired) electrons. The number of amides is 1. The molecule has 0 spiro atoms. The van der Waals surface area contributed by atoms with Gasteiger partial charge in [-0.15, -0.1) is 0 Å². The van der Waals surface area contributed by atoms with Crippen LogP contribution in [0.15, 0.2) is 52.5 Å². The summed E-state index contributed by atoms with van der Waals surface area (Å²) in [5, 5.41) is 7.21. The Morgan fingerprint density at radius 1 is 1.22 bits per heavy atom. The fourth-order valence-electron chi connectivity index (χ4n) is 2.44. The minimum absolute atomic E-state index is 0.0271. The molecule has 1 aliphatic rings. The Hall–Kier alpha value is -2.46. The van der Waals surface area contributed by atoms with Gasteiger partial charge in [0.2, 0.25) is 10.0 Å². The fourth-order valence-corrected chi connectivity index (χ4v) is 3.66. The zero-order valence-electron chi connectivity index (χ0n) is 14.3. The first-order valence-electron chi connectivity index (χ1n) is 7.95. The lowest BCUT2D eigenvalue weighted by molar-refractivity contribution is -0.110. The number of rotatable bonds is 7. The van der Waals surface area contributed by atoms with E-state index in [1.807, 2.05) is 0 Å². The minimum atomic E-state index is -3.73. The maximum atomic E-state index is 12.4. The van der Waals surface area contributed by atoms with Gasteiger partial charge in [0.15, 0.2) is 5.71 Å². The summed E-state index contributed by atoms with van der Waals surface area (Å²) in [5.41, 5.74) is 4.20. The first-order valence-corrected chi connectivity index (χ1v) is 9.81. The first kappa shape index (κ1) is 19.3. The van der Waals surface area contributed by atoms with Gasteiger partial charge in [0, 0.05) is 19.2 Å². The SMILES string of the molecule is COCCNS(=O)(=O)c1ccc2c(c1)/C(=N/Nc1ccccc1Cl)C(=O)N2. The Morgan fingerprint density at radius 3 is 2.74 bits per heavy atom. The van der Waals surface area contributed by atoms with E-state index in [9.17, 15) is 13.2 Å². The van der Waals surface area contributed by atoms with Gasteiger partial charge in [-0.3, -0.25) is 10.2 Å². The van der Waals surface area contributed by atoms with Gasteiger partial charge in [-0.2, -0.15) is 5.10 Å². The lowest BCUT2D eigenvalue weighted by atomic mass is 10.1. The third-order valence-electron chi connectivity index (χ3n) is 3.78. The van der Waals surface area contributed by atoms with Crippen LogP contribution in [0, 0.1) is 0 Å². The second kappa shape index (κ2) is 8.05. The van der Waals surface area contributed by atoms with Gasteiger partial charge in [-0.05, 0) is 30.3 Å². The zero-order chi connectivity index (χ0) is 19.4. The Labute approximate surface area is 161 Å². The summed E-state index contributed by atoms with van der Waals surface area (Å²) in [6, 6.07) is 11.3. The fraction of sp³-hybridized carbons (Fsp3) is 0.176. The molecular weight excluding hydrogens is 392 g/mol. The lowest BCUT2D eigenvalue weighted by Gasteiger charge is -2.08. The molecule has 0 aromatic heterocycles. The van der Waals surface area contributed by atoms with Crippen molar-refractivity contribution in [2.45, 2.75) is 4.90 Å². The molecule has 27 heavy (non-hydrogen) atoms. The van der Waals surface area contributed by atoms with E-state index in [2.05, 4.69) is 20.6 Å². The van der Waals surface area contributed by atoms with Crippen LogP contribution < -0.4 is 15.5 Å². The Bertz CT molecular complexity index is 1010. The molecule has 3 N–H and O–H groups in total. The third kappa shape index (κ3) is 4.28. The molecule has 2 aromatic rings. The second-order valence-corrected chi connectivity index (χ2v) is 7.78. The molecule has 0 aliphatic carbocycles. The maximum Gasteiger partial charge on any atom is 0.276 e. The maximum absolute atomic E-state index is 12.4. The van der Waals surface area contributed by atoms with Crippen LogP contribution in [0.2, 0.25) is 5.02 Å². The predicted octanol–water partition coefficient (Wildman–Crippen LogP) is 2.03. The highest BCUT2D eigenvalue weighted by Crippen LogP contribution is 2.27. The molecule has 0 saturated carbocycles. The number of hydrogen-bond acceptors (Lipinski definition) is 6. The predicted molar refractivity (Wildman–Crippen MR) is 104 cm³/mol. The molecule has 0 saturated heterocycles. The number of ether oxygens (including phenoxy) is 1. The van der Waals surface area contributed by atoms with Gasteiger partial charge in [-0.1, -0.05) is 23.7 Å². The first-order chi connectivity index (χ1) is 12.9. The van der Waals surface area contributed by atoms with E-state index in [-0.39, 0.29) is 23.8 Å². The minimum Gasteiger partial charge on any atom is -0.383 e. The van der Waals surface area contributed by atoms with Crippen LogP contribution in [0.5, 0.6) is 0 Å². The number of fused-ring (bicyclic) bond motifs is 1. The molecule has 8 nitrogen and oxygen atoms in total. The van der Waals surface area contributed by atoms with E-state index in [4.69, 9.17) is 16.3 Å². The Morgan fingerprint density at radius 2 is 2.00 bits per heavy atom. The number of sulfonamides is 1. The largest absolute Gasteiger partial charge is 0.383 e. The summed E-state index contributed by atoms with van der Waals surface area (Å²) < 4.78 is 32.0. The number of para-hydroxylation sites is 1. The highest BCUT2D eigenvalue weighted by molar-refractivity contribution is 7.89. The number of hydrazone groups is 1. The third-order valence-corrected chi connectivity index (χ3v) is 5.57. The standard InChI is InChI=1S/C17H17ClN4O4S/c1-26-9-8-19-27(24,25)11-6-7-14-12(10-11)16(17(23)20-14)22-21-15-5-3-2-4-13(15)18/h2-7,10,19,21H,8-9H2,1H3,(H,20,22,23). The molecule has 10 heteroatoms. The quantitative estimate of drug-likeness (QED) is 0.479. The van der Waals surface area contributed by atoms with Crippen molar-refractivity contribution in [2.75, 3.05) is 31.0 Å². The van der Waals surface area contributed by atoms with Crippen molar-refractivity contribution in [3.05, 3.63) is 53.1 Å². The highest BCUT2D eigenvalue weighted by atomic mass is 35.5. The number of anilines is 2. The molecule has 0 unspecified atom stereocenters. The number of carbonyl (C=O) groups excluding carboxylic acids is 1. The molecule has 2 aromatic carbocycles. The molecule has 0 atom stereocenters. The molecule has 0 bridgehead atoms. The smallest absolute Gasteiger partial charge is 0.276 e. The van der Waals surface area contributed by atoms with Crippen LogP contribution in [0.1, 0.15) is 5.56 Å². The van der Waals surface area contributed by atoms with E-state index in [0.29, 0.717) is 22.0 Å². The van der Waals surface area contributed by atoms with E-state index >= 15 is 0 Å². The number of halogens is 1. The van der Waals surface area contributed by atoms with Crippen molar-refractivity contribution in [3.8, 4) is 0 Å². The van der Waals surface area contributed by atoms with Gasteiger partial charge < -0.3 is 10.1 Å². The van der Waals surface area contributed by atoms with E-state index in [1.54, 1.807) is 24.3 Å². The normalized spacial score (nSPS) is 14.9. The summed E-state index contributed by atoms with van der Waals surface area (Å²) >= 11 is 6.06. The zero-order valence-corrected chi connectivity index (χ0v) is 15.9. The van der Waals surface area contributed by atoms with Crippen LogP contribution in [0.25, 0.3) is 0 Å². The van der Waals surface area contributed by atoms with Gasteiger partial charge in [-0.25, -0.2) is 13.1 Å². The van der Waals surface area contributed by atoms with Gasteiger partial charge >= 0.3 is 0 Å². The van der Waals surface area contributed by atoms with Crippen molar-refractivity contribution in [2.24, 2.45) is 5.10 Å². The van der Waals surface area contributed by atoms with Crippen molar-refractivity contribution in [1.82, 2.24) is 4.72 Å². The number of hydrogen-bond donors (Lipinski definition) is 3. The number of nitrogens with one attached hydrogen (secondary N) is 3. The van der Waals surface area contributed by atoms with Crippen molar-refractivity contribution in [3.63, 3.8) is 0 Å². The summed E-state index contributed by atoms with van der Waals surface area (Å²) in [6.07, 6.45) is 0. The molecule has 1 heterocycles. The van der Waals surface area contributed by atoms with Crippen molar-refractivity contribution >= 4 is 44.6 Å². The van der Waals surface area contributed by atoms with Crippen LogP contribution in [-0.2, 0) is 19.6 Å². The number of benzene rings is 2. The molecule has 0 fully saturated rings. The Kier molecular flexibility index (Phi) is 5.76. The van der Waals surface area contributed by atoms with Crippen LogP contribution >= 0.6 is 11.6 Å². The van der Waals surface area contributed by atoms with Gasteiger partial charge in [0.1, 0.15) is 0 Å². The summed E-state index contributed by atoms with van der Waals surface area (Å²) in [7, 11) is -2.25. The van der Waals surface area contributed by atoms with Gasteiger partial charge in [0.05, 0.1) is 27.9 Å². The van der Waals surface area contributed by atoms with Crippen molar-refractivity contribution < 1.29 is 17.9 Å². The van der Waals surface area contributed by atoms with E-state index in [0.717, 1.165) is 0 Å². The number of methoxy groups -OCH3 is 1. The lowest BCUT2D eigenvalue weighted by Crippen LogP contribution is -2.27. The topological polar surface area (TPSA) is 109 Å². The molecule has 3 rings (SSSR count). The highest BCUT2D eigenvalue weighted by Gasteiger charge is 2.28. The molecule has 142 valence electrons. The van der Waals surface area contributed by atoms with E-state index in [1.165, 1.54) is 25.3 Å². The molecular formula is C17H17ClN4O4S. The second-order valence-electron chi connectivity index (χ2n) is 5.60. The average Bonchev–Trinajstić information content (AvgIpc) is 2.95. The average molecular weight is 409 g/mol. The molecule has 1 aliphatic heterocycles. The van der Waals surface area contributed by atoms with Crippen LogP contribution in [0.4, 0.5) is 11.4 Å². The van der Waals surface area contributed by atoms with Crippen molar-refractivity contribution in [1.29, 1.82) is 0 Å². The summed E-state index contributed by atoms with van der Waals surface area (Å²) in [6.45, 7) is 0.390. The summed E-state index contributed by atoms with van der Waals surface area (Å²) in [4.78, 5) is 12.2. The Balaban J connectivity index is 1.90. The number of nitrogens with zero attached hydrogens (tertiary/aromatic N) is 1. The molecule has 1 amide bonds. The summed E-state index contributed by atoms with van der Waals surface area (Å²) in [5.74, 6) is -0.438.